The van der Waals surface area contributed by atoms with E-state index in [-0.39, 0.29) is 24.7 Å². The summed E-state index contributed by atoms with van der Waals surface area (Å²) in [7, 11) is -1.50. The van der Waals surface area contributed by atoms with Crippen LogP contribution >= 0.6 is 0 Å². The molecule has 0 aliphatic carbocycles. The first-order valence-corrected chi connectivity index (χ1v) is 8.87. The predicted octanol–water partition coefficient (Wildman–Crippen LogP) is -0.825. The molecule has 0 spiro atoms. The van der Waals surface area contributed by atoms with E-state index in [4.69, 9.17) is 5.11 Å². The van der Waals surface area contributed by atoms with Gasteiger partial charge in [0.25, 0.3) is 0 Å². The number of carboxylic acid groups (broad SMARTS) is 1. The van der Waals surface area contributed by atoms with Gasteiger partial charge in [-0.15, -0.1) is 0 Å². The van der Waals surface area contributed by atoms with Gasteiger partial charge < -0.3 is 14.9 Å². The minimum Gasteiger partial charge on any atom is -0.481 e. The maximum absolute atomic E-state index is 12.1. The number of carboxylic acids is 1. The molecule has 0 atom stereocenters. The van der Waals surface area contributed by atoms with Crippen LogP contribution in [-0.2, 0) is 14.6 Å². The summed E-state index contributed by atoms with van der Waals surface area (Å²) < 4.78 is 22.2. The number of sulfone groups is 1. The number of carbonyl (C=O) groups is 2. The van der Waals surface area contributed by atoms with E-state index in [0.717, 1.165) is 6.26 Å². The Morgan fingerprint density at radius 2 is 1.76 bits per heavy atom. The van der Waals surface area contributed by atoms with Crippen molar-refractivity contribution >= 4 is 21.8 Å². The summed E-state index contributed by atoms with van der Waals surface area (Å²) in [6.45, 7) is 3.00. The molecule has 8 nitrogen and oxygen atoms in total. The van der Waals surface area contributed by atoms with Gasteiger partial charge in [0.2, 0.25) is 0 Å². The number of hydrogen-bond donors (Lipinski definition) is 1. The van der Waals surface area contributed by atoms with Gasteiger partial charge in [0.1, 0.15) is 9.84 Å². The fourth-order valence-corrected chi connectivity index (χ4v) is 2.66. The summed E-state index contributed by atoms with van der Waals surface area (Å²) in [5.41, 5.74) is 0. The molecule has 1 rings (SSSR count). The molecule has 2 amide bonds. The SMILES string of the molecule is CN(CCS(C)(=O)=O)C(=O)N1CCN(CCC(=O)O)CC1. The molecule has 1 fully saturated rings. The molecule has 0 aromatic carbocycles. The lowest BCUT2D eigenvalue weighted by atomic mass is 10.3. The van der Waals surface area contributed by atoms with Crippen molar-refractivity contribution in [2.45, 2.75) is 6.42 Å². The van der Waals surface area contributed by atoms with Crippen molar-refractivity contribution in [2.75, 3.05) is 58.3 Å². The van der Waals surface area contributed by atoms with Gasteiger partial charge in [-0.05, 0) is 0 Å². The minimum absolute atomic E-state index is 0.0478. The molecular formula is C12H23N3O5S. The summed E-state index contributed by atoms with van der Waals surface area (Å²) >= 11 is 0. The van der Waals surface area contributed by atoms with Crippen molar-refractivity contribution in [1.29, 1.82) is 0 Å². The van der Waals surface area contributed by atoms with E-state index < -0.39 is 15.8 Å². The van der Waals surface area contributed by atoms with Crippen molar-refractivity contribution in [1.82, 2.24) is 14.7 Å². The number of nitrogens with zero attached hydrogens (tertiary/aromatic N) is 3. The van der Waals surface area contributed by atoms with E-state index in [9.17, 15) is 18.0 Å². The summed E-state index contributed by atoms with van der Waals surface area (Å²) in [5, 5.41) is 8.63. The lowest BCUT2D eigenvalue weighted by Gasteiger charge is -2.36. The minimum atomic E-state index is -3.08. The molecule has 0 saturated carbocycles. The van der Waals surface area contributed by atoms with Crippen LogP contribution < -0.4 is 0 Å². The van der Waals surface area contributed by atoms with Crippen molar-refractivity contribution in [3.8, 4) is 0 Å². The second kappa shape index (κ2) is 7.60. The summed E-state index contributed by atoms with van der Waals surface area (Å²) in [5.74, 6) is -0.873. The van der Waals surface area contributed by atoms with E-state index in [1.807, 2.05) is 4.90 Å². The molecule has 1 aliphatic rings. The van der Waals surface area contributed by atoms with Crippen LogP contribution in [0.25, 0.3) is 0 Å². The Morgan fingerprint density at radius 1 is 1.19 bits per heavy atom. The molecule has 1 N–H and O–H groups in total. The Morgan fingerprint density at radius 3 is 2.24 bits per heavy atom. The van der Waals surface area contributed by atoms with E-state index in [2.05, 4.69) is 0 Å². The van der Waals surface area contributed by atoms with Gasteiger partial charge >= 0.3 is 12.0 Å². The number of amides is 2. The average Bonchev–Trinajstić information content (AvgIpc) is 2.41. The fraction of sp³-hybridized carbons (Fsp3) is 0.833. The summed E-state index contributed by atoms with van der Waals surface area (Å²) in [4.78, 5) is 27.7. The van der Waals surface area contributed by atoms with Crippen molar-refractivity contribution in [3.05, 3.63) is 0 Å². The first-order chi connectivity index (χ1) is 9.69. The molecule has 1 aliphatic heterocycles. The maximum atomic E-state index is 12.1. The van der Waals surface area contributed by atoms with E-state index in [1.54, 1.807) is 11.9 Å². The molecule has 0 unspecified atom stereocenters. The van der Waals surface area contributed by atoms with Gasteiger partial charge in [-0.2, -0.15) is 0 Å². The molecule has 1 heterocycles. The molecular weight excluding hydrogens is 298 g/mol. The first-order valence-electron chi connectivity index (χ1n) is 6.81. The number of urea groups is 1. The van der Waals surface area contributed by atoms with Crippen LogP contribution in [0.4, 0.5) is 4.79 Å². The molecule has 0 bridgehead atoms. The molecule has 0 aromatic heterocycles. The highest BCUT2D eigenvalue weighted by atomic mass is 32.2. The highest BCUT2D eigenvalue weighted by Gasteiger charge is 2.23. The number of aliphatic carboxylic acids is 1. The van der Waals surface area contributed by atoms with Gasteiger partial charge in [-0.3, -0.25) is 9.69 Å². The lowest BCUT2D eigenvalue weighted by molar-refractivity contribution is -0.137. The smallest absolute Gasteiger partial charge is 0.319 e. The van der Waals surface area contributed by atoms with Crippen molar-refractivity contribution in [3.63, 3.8) is 0 Å². The third-order valence-electron chi connectivity index (χ3n) is 3.41. The van der Waals surface area contributed by atoms with Crippen LogP contribution in [0.3, 0.4) is 0 Å². The Bertz CT molecular complexity index is 471. The number of hydrogen-bond acceptors (Lipinski definition) is 5. The normalized spacial score (nSPS) is 16.8. The van der Waals surface area contributed by atoms with E-state index in [1.165, 1.54) is 4.90 Å². The molecule has 122 valence electrons. The van der Waals surface area contributed by atoms with Gasteiger partial charge in [0, 0.05) is 52.6 Å². The van der Waals surface area contributed by atoms with Crippen LogP contribution in [0, 0.1) is 0 Å². The van der Waals surface area contributed by atoms with Crippen LogP contribution in [0.1, 0.15) is 6.42 Å². The Hall–Kier alpha value is -1.35. The zero-order chi connectivity index (χ0) is 16.0. The molecule has 0 aromatic rings. The second-order valence-electron chi connectivity index (χ2n) is 5.31. The fourth-order valence-electron chi connectivity index (χ4n) is 2.06. The predicted molar refractivity (Wildman–Crippen MR) is 78.0 cm³/mol. The molecule has 1 saturated heterocycles. The Balaban J connectivity index is 2.35. The van der Waals surface area contributed by atoms with E-state index in [0.29, 0.717) is 32.7 Å². The van der Waals surface area contributed by atoms with Crippen LogP contribution in [-0.4, -0.2) is 98.5 Å². The zero-order valence-corrected chi connectivity index (χ0v) is 13.3. The van der Waals surface area contributed by atoms with Gasteiger partial charge in [0.05, 0.1) is 12.2 Å². The molecule has 9 heteroatoms. The van der Waals surface area contributed by atoms with E-state index >= 15 is 0 Å². The standard InChI is InChI=1S/C12H23N3O5S/c1-13(9-10-21(2,19)20)12(18)15-7-5-14(6-8-15)4-3-11(16)17/h3-10H2,1-2H3,(H,16,17). The van der Waals surface area contributed by atoms with Crippen LogP contribution in [0.15, 0.2) is 0 Å². The summed E-state index contributed by atoms with van der Waals surface area (Å²) in [6.07, 6.45) is 1.24. The number of rotatable bonds is 6. The Labute approximate surface area is 125 Å². The lowest BCUT2D eigenvalue weighted by Crippen LogP contribution is -2.52. The quantitative estimate of drug-likeness (QED) is 0.686. The van der Waals surface area contributed by atoms with Crippen LogP contribution in [0.2, 0.25) is 0 Å². The average molecular weight is 321 g/mol. The highest BCUT2D eigenvalue weighted by Crippen LogP contribution is 2.06. The Kier molecular flexibility index (Phi) is 6.41. The van der Waals surface area contributed by atoms with Gasteiger partial charge in [0.15, 0.2) is 0 Å². The van der Waals surface area contributed by atoms with Gasteiger partial charge in [-0.1, -0.05) is 0 Å². The number of piperazine rings is 1. The molecule has 21 heavy (non-hydrogen) atoms. The highest BCUT2D eigenvalue weighted by molar-refractivity contribution is 7.90. The maximum Gasteiger partial charge on any atom is 0.319 e. The summed E-state index contributed by atoms with van der Waals surface area (Å²) in [6, 6.07) is -0.184. The molecule has 0 radical (unpaired) electrons. The largest absolute Gasteiger partial charge is 0.481 e. The monoisotopic (exact) mass is 321 g/mol. The van der Waals surface area contributed by atoms with Crippen LogP contribution in [0.5, 0.6) is 0 Å². The third-order valence-corrected chi connectivity index (χ3v) is 4.33. The zero-order valence-electron chi connectivity index (χ0n) is 12.5. The third kappa shape index (κ3) is 6.76. The first kappa shape index (κ1) is 17.7. The van der Waals surface area contributed by atoms with Crippen molar-refractivity contribution < 1.29 is 23.1 Å². The second-order valence-corrected chi connectivity index (χ2v) is 7.57. The number of carbonyl (C=O) groups excluding carboxylic acids is 1. The topological polar surface area (TPSA) is 98.2 Å². The van der Waals surface area contributed by atoms with Crippen molar-refractivity contribution in [2.24, 2.45) is 0 Å². The van der Waals surface area contributed by atoms with Gasteiger partial charge in [-0.25, -0.2) is 13.2 Å².